The summed E-state index contributed by atoms with van der Waals surface area (Å²) in [6, 6.07) is 0. The van der Waals surface area contributed by atoms with Crippen LogP contribution in [0.2, 0.25) is 0 Å². The van der Waals surface area contributed by atoms with Crippen molar-refractivity contribution in [1.82, 2.24) is 0 Å². The molecule has 0 N–H and O–H groups in total. The molecule has 0 atom stereocenters. The zero-order chi connectivity index (χ0) is 7.49. The van der Waals surface area contributed by atoms with Crippen molar-refractivity contribution in [3.63, 3.8) is 0 Å². The third kappa shape index (κ3) is 5.96. The van der Waals surface area contributed by atoms with Crippen LogP contribution in [-0.2, 0) is 4.74 Å². The van der Waals surface area contributed by atoms with E-state index in [1.807, 2.05) is 0 Å². The molecule has 0 aliphatic carbocycles. The van der Waals surface area contributed by atoms with Gasteiger partial charge in [0.05, 0.1) is 2.74 Å². The lowest BCUT2D eigenvalue weighted by Crippen LogP contribution is -2.00. The summed E-state index contributed by atoms with van der Waals surface area (Å²) in [5, 5.41) is 0. The summed E-state index contributed by atoms with van der Waals surface area (Å²) >= 11 is 0. The highest BCUT2D eigenvalue weighted by atomic mass is 16.5. The Kier molecular flexibility index (Phi) is 2.30. The molecule has 0 spiro atoms. The third-order valence-corrected chi connectivity index (χ3v) is 0.463. The van der Waals surface area contributed by atoms with Gasteiger partial charge in [0, 0.05) is 13.2 Å². The molecule has 0 unspecified atom stereocenters. The monoisotopic (exact) mass is 104 g/mol. The van der Waals surface area contributed by atoms with Gasteiger partial charge in [-0.05, 0) is 12.8 Å². The minimum atomic E-state index is -1.45. The average molecular weight is 104 g/mol. The van der Waals surface area contributed by atoms with E-state index >= 15 is 0 Å². The van der Waals surface area contributed by atoms with E-state index in [1.54, 1.807) is 20.8 Å². The number of hydrogen-bond donors (Lipinski definition) is 0. The van der Waals surface area contributed by atoms with Crippen molar-refractivity contribution in [1.29, 1.82) is 0 Å². The van der Waals surface area contributed by atoms with Gasteiger partial charge in [-0.25, -0.2) is 0 Å². The lowest BCUT2D eigenvalue weighted by molar-refractivity contribution is 0.122. The maximum absolute atomic E-state index is 7.23. The predicted molar refractivity (Wildman–Crippen MR) is 31.3 cm³/mol. The van der Waals surface area contributed by atoms with Crippen molar-refractivity contribution in [2.75, 3.05) is 13.2 Å². The van der Waals surface area contributed by atoms with Crippen LogP contribution in [0.4, 0.5) is 0 Å². The lowest BCUT2D eigenvalue weighted by Gasteiger charge is -2.01. The molecular formula is C6H14O. The van der Waals surface area contributed by atoms with Crippen molar-refractivity contribution < 1.29 is 7.48 Å². The van der Waals surface area contributed by atoms with Crippen LogP contribution >= 0.6 is 0 Å². The van der Waals surface area contributed by atoms with Crippen molar-refractivity contribution in [2.45, 2.75) is 20.8 Å². The molecule has 0 rings (SSSR count). The highest BCUT2D eigenvalue weighted by Crippen LogP contribution is 1.90. The second-order valence-corrected chi connectivity index (χ2v) is 1.71. The highest BCUT2D eigenvalue weighted by Gasteiger charge is 1.88. The molecule has 1 nitrogen and oxygen atoms in total. The van der Waals surface area contributed by atoms with Crippen LogP contribution in [0.1, 0.15) is 23.5 Å². The van der Waals surface area contributed by atoms with Gasteiger partial charge in [0.15, 0.2) is 0 Å². The first kappa shape index (κ1) is 3.90. The first-order valence-electron chi connectivity index (χ1n) is 3.64. The molecule has 0 amide bonds. The van der Waals surface area contributed by atoms with Gasteiger partial charge in [0.25, 0.3) is 0 Å². The van der Waals surface area contributed by atoms with E-state index in [0.29, 0.717) is 6.61 Å². The third-order valence-electron chi connectivity index (χ3n) is 0.463. The fourth-order valence-electron chi connectivity index (χ4n) is 0.250. The van der Waals surface area contributed by atoms with Crippen LogP contribution in [0, 0.1) is 5.92 Å². The summed E-state index contributed by atoms with van der Waals surface area (Å²) in [5.74, 6) is -0.0718. The molecule has 0 saturated heterocycles. The molecule has 0 aromatic rings. The van der Waals surface area contributed by atoms with Crippen molar-refractivity contribution in [2.24, 2.45) is 5.92 Å². The van der Waals surface area contributed by atoms with Crippen LogP contribution in [0.5, 0.6) is 0 Å². The van der Waals surface area contributed by atoms with Gasteiger partial charge < -0.3 is 4.74 Å². The van der Waals surface area contributed by atoms with Gasteiger partial charge in [-0.2, -0.15) is 0 Å². The smallest absolute Gasteiger partial charge is 0.0569 e. The molecule has 0 bridgehead atoms. The second-order valence-electron chi connectivity index (χ2n) is 1.71. The van der Waals surface area contributed by atoms with Crippen LogP contribution < -0.4 is 0 Å². The lowest BCUT2D eigenvalue weighted by atomic mass is 10.2. The van der Waals surface area contributed by atoms with Crippen LogP contribution in [0.25, 0.3) is 0 Å². The molecule has 0 fully saturated rings. The van der Waals surface area contributed by atoms with Gasteiger partial charge in [-0.3, -0.25) is 0 Å². The Bertz CT molecular complexity index is 81.1. The predicted octanol–water partition coefficient (Wildman–Crippen LogP) is 1.68. The van der Waals surface area contributed by atoms with Gasteiger partial charge in [0.1, 0.15) is 0 Å². The summed E-state index contributed by atoms with van der Waals surface area (Å²) in [6.07, 6.45) is 0. The Morgan fingerprint density at radius 2 is 2.29 bits per heavy atom. The molecule has 0 aliphatic rings. The molecule has 0 saturated carbocycles. The summed E-state index contributed by atoms with van der Waals surface area (Å²) in [6.45, 7) is 4.38. The number of rotatable bonds is 3. The minimum absolute atomic E-state index is 0.0718. The van der Waals surface area contributed by atoms with Crippen LogP contribution in [0.15, 0.2) is 0 Å². The molecule has 0 heterocycles. The first-order chi connectivity index (χ1) is 4.00. The van der Waals surface area contributed by atoms with Gasteiger partial charge in [0.2, 0.25) is 0 Å². The number of ether oxygens (including phenoxy) is 1. The normalized spacial score (nSPS) is 16.6. The summed E-state index contributed by atoms with van der Waals surface area (Å²) in [5.41, 5.74) is 0. The molecule has 7 heavy (non-hydrogen) atoms. The van der Waals surface area contributed by atoms with E-state index < -0.39 is 6.56 Å². The van der Waals surface area contributed by atoms with E-state index in [0.717, 1.165) is 0 Å². The Balaban J connectivity index is 3.70. The van der Waals surface area contributed by atoms with Crippen molar-refractivity contribution in [3.05, 3.63) is 0 Å². The molecular weight excluding hydrogens is 88.1 g/mol. The molecule has 1 heteroatoms. The quantitative estimate of drug-likeness (QED) is 0.529. The highest BCUT2D eigenvalue weighted by molar-refractivity contribution is 4.36. The SMILES string of the molecule is [2H]C([2H])(OCC)C(C)C. The zero-order valence-electron chi connectivity index (χ0n) is 7.19. The van der Waals surface area contributed by atoms with Crippen LogP contribution in [-0.4, -0.2) is 13.2 Å². The maximum atomic E-state index is 7.23. The van der Waals surface area contributed by atoms with E-state index in [2.05, 4.69) is 0 Å². The Morgan fingerprint density at radius 3 is 2.43 bits per heavy atom. The second kappa shape index (κ2) is 4.13. The topological polar surface area (TPSA) is 9.23 Å². The minimum Gasteiger partial charge on any atom is -0.381 e. The zero-order valence-corrected chi connectivity index (χ0v) is 5.19. The summed E-state index contributed by atoms with van der Waals surface area (Å²) < 4.78 is 19.3. The first-order valence-corrected chi connectivity index (χ1v) is 2.64. The molecule has 44 valence electrons. The Morgan fingerprint density at radius 1 is 1.71 bits per heavy atom. The fraction of sp³-hybridized carbons (Fsp3) is 1.00. The summed E-state index contributed by atoms with van der Waals surface area (Å²) in [4.78, 5) is 0. The molecule has 0 aliphatic heterocycles. The van der Waals surface area contributed by atoms with Gasteiger partial charge >= 0.3 is 0 Å². The Hall–Kier alpha value is -0.0400. The Labute approximate surface area is 48.5 Å². The maximum Gasteiger partial charge on any atom is 0.0569 e. The van der Waals surface area contributed by atoms with Gasteiger partial charge in [-0.15, -0.1) is 0 Å². The number of hydrogen-bond acceptors (Lipinski definition) is 1. The van der Waals surface area contributed by atoms with E-state index in [-0.39, 0.29) is 5.92 Å². The average Bonchev–Trinajstić information content (AvgIpc) is 1.65. The van der Waals surface area contributed by atoms with E-state index in [4.69, 9.17) is 7.48 Å². The molecule has 0 radical (unpaired) electrons. The van der Waals surface area contributed by atoms with Crippen molar-refractivity contribution in [3.8, 4) is 0 Å². The van der Waals surface area contributed by atoms with E-state index in [1.165, 1.54) is 0 Å². The van der Waals surface area contributed by atoms with E-state index in [9.17, 15) is 0 Å². The molecule has 0 aromatic carbocycles. The molecule has 0 aromatic heterocycles. The van der Waals surface area contributed by atoms with Crippen LogP contribution in [0.3, 0.4) is 0 Å². The largest absolute Gasteiger partial charge is 0.381 e. The van der Waals surface area contributed by atoms with Crippen molar-refractivity contribution >= 4 is 0 Å². The van der Waals surface area contributed by atoms with Gasteiger partial charge in [-0.1, -0.05) is 13.8 Å². The standard InChI is InChI=1S/C6H14O/c1-4-7-5-6(2)3/h6H,4-5H2,1-3H3/i5D2. The fourth-order valence-corrected chi connectivity index (χ4v) is 0.250. The summed E-state index contributed by atoms with van der Waals surface area (Å²) in [7, 11) is 0.